The van der Waals surface area contributed by atoms with Crippen molar-refractivity contribution < 1.29 is 18.5 Å². The van der Waals surface area contributed by atoms with E-state index in [1.807, 2.05) is 13.8 Å². The van der Waals surface area contributed by atoms with Crippen molar-refractivity contribution in [2.24, 2.45) is 0 Å². The van der Waals surface area contributed by atoms with Crippen molar-refractivity contribution in [3.05, 3.63) is 47.5 Å². The molecule has 0 saturated heterocycles. The maximum atomic E-state index is 12.0. The van der Waals surface area contributed by atoms with Gasteiger partial charge in [-0.3, -0.25) is 9.00 Å². The number of rotatable bonds is 8. The fraction of sp³-hybridized carbons (Fsp3) is 0.412. The summed E-state index contributed by atoms with van der Waals surface area (Å²) in [6.07, 6.45) is 1.60. The van der Waals surface area contributed by atoms with Gasteiger partial charge >= 0.3 is 5.97 Å². The zero-order chi connectivity index (χ0) is 17.4. The number of esters is 1. The molecule has 6 heteroatoms. The van der Waals surface area contributed by atoms with Crippen LogP contribution in [0.15, 0.2) is 36.4 Å². The SMILES string of the molecule is C=C(C)CN(CC)C(=O)COC(=O)c1cccc(CS(C)=O)c1. The summed E-state index contributed by atoms with van der Waals surface area (Å²) in [6.45, 7) is 8.15. The van der Waals surface area contributed by atoms with Crippen LogP contribution in [-0.2, 0) is 26.1 Å². The number of likely N-dealkylation sites (N-methyl/N-ethyl adjacent to an activating group) is 1. The Bertz CT molecular complexity index is 612. The largest absolute Gasteiger partial charge is 0.452 e. The van der Waals surface area contributed by atoms with Crippen LogP contribution in [0.1, 0.15) is 29.8 Å². The van der Waals surface area contributed by atoms with E-state index in [2.05, 4.69) is 6.58 Å². The van der Waals surface area contributed by atoms with Gasteiger partial charge in [0.15, 0.2) is 6.61 Å². The smallest absolute Gasteiger partial charge is 0.338 e. The van der Waals surface area contributed by atoms with Gasteiger partial charge in [-0.15, -0.1) is 0 Å². The number of hydrogen-bond acceptors (Lipinski definition) is 4. The van der Waals surface area contributed by atoms with Crippen LogP contribution in [0.3, 0.4) is 0 Å². The first-order chi connectivity index (χ1) is 10.8. The Labute approximate surface area is 139 Å². The highest BCUT2D eigenvalue weighted by molar-refractivity contribution is 7.83. The van der Waals surface area contributed by atoms with Crippen LogP contribution in [0.2, 0.25) is 0 Å². The van der Waals surface area contributed by atoms with Gasteiger partial charge in [-0.1, -0.05) is 24.3 Å². The van der Waals surface area contributed by atoms with E-state index in [-0.39, 0.29) is 12.5 Å². The maximum Gasteiger partial charge on any atom is 0.338 e. The Morgan fingerprint density at radius 3 is 2.61 bits per heavy atom. The molecule has 0 bridgehead atoms. The van der Waals surface area contributed by atoms with Crippen LogP contribution in [0.25, 0.3) is 0 Å². The van der Waals surface area contributed by atoms with Gasteiger partial charge in [0.25, 0.3) is 5.91 Å². The van der Waals surface area contributed by atoms with Crippen molar-refractivity contribution >= 4 is 22.7 Å². The minimum absolute atomic E-state index is 0.255. The summed E-state index contributed by atoms with van der Waals surface area (Å²) < 4.78 is 16.3. The molecule has 0 aliphatic heterocycles. The zero-order valence-corrected chi connectivity index (χ0v) is 14.6. The first-order valence-corrected chi connectivity index (χ1v) is 9.04. The third-order valence-electron chi connectivity index (χ3n) is 3.05. The monoisotopic (exact) mass is 337 g/mol. The molecule has 5 nitrogen and oxygen atoms in total. The highest BCUT2D eigenvalue weighted by atomic mass is 32.2. The van der Waals surface area contributed by atoms with Gasteiger partial charge in [-0.2, -0.15) is 0 Å². The average molecular weight is 337 g/mol. The van der Waals surface area contributed by atoms with Crippen molar-refractivity contribution in [1.82, 2.24) is 4.90 Å². The molecule has 23 heavy (non-hydrogen) atoms. The second-order valence-electron chi connectivity index (χ2n) is 5.36. The van der Waals surface area contributed by atoms with Crippen LogP contribution < -0.4 is 0 Å². The Balaban J connectivity index is 2.64. The van der Waals surface area contributed by atoms with Crippen LogP contribution in [0.4, 0.5) is 0 Å². The van der Waals surface area contributed by atoms with Crippen molar-refractivity contribution in [3.63, 3.8) is 0 Å². The summed E-state index contributed by atoms with van der Waals surface area (Å²) in [5.74, 6) is -0.439. The molecule has 1 rings (SSSR count). The van der Waals surface area contributed by atoms with E-state index in [0.29, 0.717) is 24.4 Å². The summed E-state index contributed by atoms with van der Waals surface area (Å²) in [7, 11) is -0.984. The van der Waals surface area contributed by atoms with Crippen LogP contribution in [-0.4, -0.2) is 46.9 Å². The van der Waals surface area contributed by atoms with Gasteiger partial charge in [0.05, 0.1) is 5.56 Å². The lowest BCUT2D eigenvalue weighted by Crippen LogP contribution is -2.35. The molecule has 0 radical (unpaired) electrons. The molecule has 1 unspecified atom stereocenters. The van der Waals surface area contributed by atoms with Crippen molar-refractivity contribution in [1.29, 1.82) is 0 Å². The predicted molar refractivity (Wildman–Crippen MR) is 91.6 cm³/mol. The van der Waals surface area contributed by atoms with Gasteiger partial charge in [0, 0.05) is 35.9 Å². The molecule has 0 aliphatic carbocycles. The molecule has 1 amide bonds. The fourth-order valence-electron chi connectivity index (χ4n) is 2.03. The van der Waals surface area contributed by atoms with Crippen LogP contribution in [0.5, 0.6) is 0 Å². The van der Waals surface area contributed by atoms with E-state index in [4.69, 9.17) is 4.74 Å². The van der Waals surface area contributed by atoms with Crippen molar-refractivity contribution in [2.75, 3.05) is 26.0 Å². The molecule has 126 valence electrons. The summed E-state index contributed by atoms with van der Waals surface area (Å²) in [6, 6.07) is 6.76. The highest BCUT2D eigenvalue weighted by Gasteiger charge is 2.15. The van der Waals surface area contributed by atoms with E-state index < -0.39 is 16.8 Å². The molecular weight excluding hydrogens is 314 g/mol. The predicted octanol–water partition coefficient (Wildman–Crippen LogP) is 2.15. The highest BCUT2D eigenvalue weighted by Crippen LogP contribution is 2.09. The third-order valence-corrected chi connectivity index (χ3v) is 3.79. The first kappa shape index (κ1) is 19.1. The lowest BCUT2D eigenvalue weighted by molar-refractivity contribution is -0.133. The molecule has 1 aromatic rings. The Morgan fingerprint density at radius 2 is 2.04 bits per heavy atom. The number of hydrogen-bond donors (Lipinski definition) is 0. The third kappa shape index (κ3) is 6.78. The number of amides is 1. The summed E-state index contributed by atoms with van der Waals surface area (Å²) in [4.78, 5) is 25.6. The van der Waals surface area contributed by atoms with Crippen molar-refractivity contribution in [3.8, 4) is 0 Å². The van der Waals surface area contributed by atoms with Crippen molar-refractivity contribution in [2.45, 2.75) is 19.6 Å². The number of ether oxygens (including phenoxy) is 1. The lowest BCUT2D eigenvalue weighted by Gasteiger charge is -2.20. The van der Waals surface area contributed by atoms with Gasteiger partial charge in [0.2, 0.25) is 0 Å². The van der Waals surface area contributed by atoms with Crippen LogP contribution in [0, 0.1) is 0 Å². The normalized spacial score (nSPS) is 11.6. The molecule has 1 aromatic carbocycles. The molecular formula is C17H23NO4S. The minimum Gasteiger partial charge on any atom is -0.452 e. The molecule has 0 spiro atoms. The minimum atomic E-state index is -0.984. The molecule has 0 aromatic heterocycles. The Hall–Kier alpha value is -1.95. The lowest BCUT2D eigenvalue weighted by atomic mass is 10.1. The molecule has 0 fully saturated rings. The quantitative estimate of drug-likeness (QED) is 0.538. The molecule has 0 aliphatic rings. The second-order valence-corrected chi connectivity index (χ2v) is 6.79. The summed E-state index contributed by atoms with van der Waals surface area (Å²) in [5, 5.41) is 0. The van der Waals surface area contributed by atoms with E-state index in [9.17, 15) is 13.8 Å². The van der Waals surface area contributed by atoms with Gasteiger partial charge in [-0.25, -0.2) is 4.79 Å². The Kier molecular flexibility index (Phi) is 7.68. The van der Waals surface area contributed by atoms with E-state index in [1.165, 1.54) is 0 Å². The number of carbonyl (C=O) groups excluding carboxylic acids is 2. The second kappa shape index (κ2) is 9.25. The fourth-order valence-corrected chi connectivity index (χ4v) is 2.68. The van der Waals surface area contributed by atoms with E-state index in [1.54, 1.807) is 35.4 Å². The number of nitrogens with zero attached hydrogens (tertiary/aromatic N) is 1. The summed E-state index contributed by atoms with van der Waals surface area (Å²) >= 11 is 0. The standard InChI is InChI=1S/C17H23NO4S/c1-5-18(10-13(2)3)16(19)11-22-17(20)15-8-6-7-14(9-15)12-23(4)21/h6-9H,2,5,10-12H2,1,3-4H3. The van der Waals surface area contributed by atoms with E-state index >= 15 is 0 Å². The zero-order valence-electron chi connectivity index (χ0n) is 13.8. The first-order valence-electron chi connectivity index (χ1n) is 7.31. The van der Waals surface area contributed by atoms with E-state index in [0.717, 1.165) is 11.1 Å². The topological polar surface area (TPSA) is 63.7 Å². The molecule has 0 heterocycles. The number of carbonyl (C=O) groups is 2. The average Bonchev–Trinajstić information content (AvgIpc) is 2.49. The maximum absolute atomic E-state index is 12.0. The van der Waals surface area contributed by atoms with Gasteiger partial charge in [0.1, 0.15) is 0 Å². The molecule has 1 atom stereocenters. The number of benzene rings is 1. The molecule has 0 N–H and O–H groups in total. The van der Waals surface area contributed by atoms with Crippen LogP contribution >= 0.6 is 0 Å². The molecule has 0 saturated carbocycles. The van der Waals surface area contributed by atoms with Gasteiger partial charge in [-0.05, 0) is 31.5 Å². The van der Waals surface area contributed by atoms with Gasteiger partial charge < -0.3 is 9.64 Å². The summed E-state index contributed by atoms with van der Waals surface area (Å²) in [5.41, 5.74) is 2.01. The Morgan fingerprint density at radius 1 is 1.35 bits per heavy atom.